The molecule has 0 saturated carbocycles. The number of methoxy groups -OCH3 is 2. The standard InChI is InChI=1S/C14H21NO3/c1-17-13-7-6-11(9-14(13)18-2)15-8-4-3-5-12(15)10-16/h6-7,9,12,16H,3-5,8,10H2,1-2H3. The third-order valence-corrected chi connectivity index (χ3v) is 3.54. The lowest BCUT2D eigenvalue weighted by atomic mass is 10.0. The number of ether oxygens (including phenoxy) is 2. The van der Waals surface area contributed by atoms with Crippen LogP contribution in [0.5, 0.6) is 11.5 Å². The van der Waals surface area contributed by atoms with Gasteiger partial charge in [0.25, 0.3) is 0 Å². The number of rotatable bonds is 4. The summed E-state index contributed by atoms with van der Waals surface area (Å²) in [5, 5.41) is 9.45. The fraction of sp³-hybridized carbons (Fsp3) is 0.571. The number of piperidine rings is 1. The van der Waals surface area contributed by atoms with Crippen LogP contribution < -0.4 is 14.4 Å². The molecule has 4 nitrogen and oxygen atoms in total. The molecular weight excluding hydrogens is 230 g/mol. The van der Waals surface area contributed by atoms with E-state index < -0.39 is 0 Å². The second-order valence-electron chi connectivity index (χ2n) is 4.56. The maximum absolute atomic E-state index is 9.45. The lowest BCUT2D eigenvalue weighted by Gasteiger charge is -2.36. The van der Waals surface area contributed by atoms with E-state index in [1.807, 2.05) is 18.2 Å². The van der Waals surface area contributed by atoms with Gasteiger partial charge in [-0.2, -0.15) is 0 Å². The lowest BCUT2D eigenvalue weighted by Crippen LogP contribution is -2.41. The van der Waals surface area contributed by atoms with Gasteiger partial charge in [0.15, 0.2) is 11.5 Å². The maximum atomic E-state index is 9.45. The molecule has 0 radical (unpaired) electrons. The van der Waals surface area contributed by atoms with Gasteiger partial charge in [-0.15, -0.1) is 0 Å². The van der Waals surface area contributed by atoms with Crippen LogP contribution in [-0.4, -0.2) is 38.5 Å². The number of anilines is 1. The molecule has 1 aromatic rings. The van der Waals surface area contributed by atoms with Crippen LogP contribution in [0.1, 0.15) is 19.3 Å². The first-order chi connectivity index (χ1) is 8.80. The highest BCUT2D eigenvalue weighted by atomic mass is 16.5. The highest BCUT2D eigenvalue weighted by molar-refractivity contribution is 5.57. The normalized spacial score (nSPS) is 19.7. The average Bonchev–Trinajstić information content (AvgIpc) is 2.46. The van der Waals surface area contributed by atoms with Gasteiger partial charge >= 0.3 is 0 Å². The van der Waals surface area contributed by atoms with E-state index in [-0.39, 0.29) is 12.6 Å². The van der Waals surface area contributed by atoms with Crippen LogP contribution in [0, 0.1) is 0 Å². The number of nitrogens with zero attached hydrogens (tertiary/aromatic N) is 1. The third kappa shape index (κ3) is 2.53. The van der Waals surface area contributed by atoms with Gasteiger partial charge in [0, 0.05) is 18.3 Å². The van der Waals surface area contributed by atoms with Crippen molar-refractivity contribution < 1.29 is 14.6 Å². The number of hydrogen-bond donors (Lipinski definition) is 1. The molecule has 0 aromatic heterocycles. The van der Waals surface area contributed by atoms with Gasteiger partial charge in [-0.05, 0) is 31.4 Å². The smallest absolute Gasteiger partial charge is 0.162 e. The van der Waals surface area contributed by atoms with E-state index in [1.165, 1.54) is 12.8 Å². The molecule has 1 unspecified atom stereocenters. The van der Waals surface area contributed by atoms with E-state index in [9.17, 15) is 5.11 Å². The molecule has 0 bridgehead atoms. The Hall–Kier alpha value is -1.42. The van der Waals surface area contributed by atoms with E-state index in [2.05, 4.69) is 4.90 Å². The van der Waals surface area contributed by atoms with E-state index >= 15 is 0 Å². The van der Waals surface area contributed by atoms with Crippen molar-refractivity contribution in [3.8, 4) is 11.5 Å². The molecule has 0 aliphatic carbocycles. The van der Waals surface area contributed by atoms with Crippen LogP contribution in [0.3, 0.4) is 0 Å². The minimum Gasteiger partial charge on any atom is -0.493 e. The molecule has 1 aliphatic heterocycles. The van der Waals surface area contributed by atoms with Crippen LogP contribution >= 0.6 is 0 Å². The molecule has 100 valence electrons. The first-order valence-corrected chi connectivity index (χ1v) is 6.39. The van der Waals surface area contributed by atoms with Crippen molar-refractivity contribution >= 4 is 5.69 Å². The van der Waals surface area contributed by atoms with Gasteiger partial charge in [0.1, 0.15) is 0 Å². The van der Waals surface area contributed by atoms with Gasteiger partial charge in [-0.25, -0.2) is 0 Å². The maximum Gasteiger partial charge on any atom is 0.162 e. The number of aliphatic hydroxyl groups is 1. The van der Waals surface area contributed by atoms with Crippen molar-refractivity contribution in [1.29, 1.82) is 0 Å². The van der Waals surface area contributed by atoms with Crippen LogP contribution in [0.4, 0.5) is 5.69 Å². The van der Waals surface area contributed by atoms with E-state index in [4.69, 9.17) is 9.47 Å². The lowest BCUT2D eigenvalue weighted by molar-refractivity contribution is 0.240. The van der Waals surface area contributed by atoms with E-state index in [1.54, 1.807) is 14.2 Å². The highest BCUT2D eigenvalue weighted by Crippen LogP contribution is 2.33. The molecule has 1 heterocycles. The summed E-state index contributed by atoms with van der Waals surface area (Å²) in [7, 11) is 3.27. The Bertz CT molecular complexity index is 395. The second-order valence-corrected chi connectivity index (χ2v) is 4.56. The molecule has 1 N–H and O–H groups in total. The quantitative estimate of drug-likeness (QED) is 0.889. The topological polar surface area (TPSA) is 41.9 Å². The van der Waals surface area contributed by atoms with Gasteiger partial charge in [-0.3, -0.25) is 0 Å². The van der Waals surface area contributed by atoms with E-state index in [0.717, 1.165) is 30.2 Å². The Morgan fingerprint density at radius 3 is 2.67 bits per heavy atom. The molecule has 1 aliphatic rings. The molecule has 2 rings (SSSR count). The molecule has 1 atom stereocenters. The zero-order valence-corrected chi connectivity index (χ0v) is 11.1. The number of benzene rings is 1. The van der Waals surface area contributed by atoms with Crippen molar-refractivity contribution in [3.05, 3.63) is 18.2 Å². The monoisotopic (exact) mass is 251 g/mol. The number of hydrogen-bond acceptors (Lipinski definition) is 4. The van der Waals surface area contributed by atoms with Crippen LogP contribution in [0.2, 0.25) is 0 Å². The van der Waals surface area contributed by atoms with Crippen molar-refractivity contribution in [3.63, 3.8) is 0 Å². The van der Waals surface area contributed by atoms with Gasteiger partial charge < -0.3 is 19.5 Å². The zero-order chi connectivity index (χ0) is 13.0. The van der Waals surface area contributed by atoms with Gasteiger partial charge in [0.2, 0.25) is 0 Å². The summed E-state index contributed by atoms with van der Waals surface area (Å²) in [6, 6.07) is 6.14. The molecule has 18 heavy (non-hydrogen) atoms. The van der Waals surface area contributed by atoms with Crippen LogP contribution in [-0.2, 0) is 0 Å². The Balaban J connectivity index is 2.26. The Kier molecular flexibility index (Phi) is 4.31. The molecule has 1 saturated heterocycles. The van der Waals surface area contributed by atoms with Crippen LogP contribution in [0.15, 0.2) is 18.2 Å². The van der Waals surface area contributed by atoms with Crippen molar-refractivity contribution in [2.45, 2.75) is 25.3 Å². The van der Waals surface area contributed by atoms with Gasteiger partial charge in [0.05, 0.1) is 26.9 Å². The molecule has 1 fully saturated rings. The van der Waals surface area contributed by atoms with E-state index in [0.29, 0.717) is 0 Å². The summed E-state index contributed by atoms with van der Waals surface area (Å²) in [4.78, 5) is 2.26. The Labute approximate surface area is 108 Å². The zero-order valence-electron chi connectivity index (χ0n) is 11.1. The SMILES string of the molecule is COc1ccc(N2CCCCC2CO)cc1OC. The Morgan fingerprint density at radius 2 is 2.00 bits per heavy atom. The summed E-state index contributed by atoms with van der Waals surface area (Å²) < 4.78 is 10.6. The van der Waals surface area contributed by atoms with Crippen molar-refractivity contribution in [2.24, 2.45) is 0 Å². The van der Waals surface area contributed by atoms with Crippen LogP contribution in [0.25, 0.3) is 0 Å². The molecule has 4 heteroatoms. The predicted molar refractivity (Wildman–Crippen MR) is 71.6 cm³/mol. The summed E-state index contributed by atoms with van der Waals surface area (Å²) in [6.45, 7) is 1.19. The minimum absolute atomic E-state index is 0.203. The molecule has 0 amide bonds. The summed E-state index contributed by atoms with van der Waals surface area (Å²) in [6.07, 6.45) is 3.41. The first-order valence-electron chi connectivity index (χ1n) is 6.39. The van der Waals surface area contributed by atoms with Gasteiger partial charge in [-0.1, -0.05) is 0 Å². The fourth-order valence-corrected chi connectivity index (χ4v) is 2.53. The predicted octanol–water partition coefficient (Wildman–Crippen LogP) is 2.05. The second kappa shape index (κ2) is 5.96. The Morgan fingerprint density at radius 1 is 1.22 bits per heavy atom. The highest BCUT2D eigenvalue weighted by Gasteiger charge is 2.22. The summed E-state index contributed by atoms with van der Waals surface area (Å²) >= 11 is 0. The van der Waals surface area contributed by atoms with Crippen molar-refractivity contribution in [1.82, 2.24) is 0 Å². The number of aliphatic hydroxyl groups excluding tert-OH is 1. The molecular formula is C14H21NO3. The largest absolute Gasteiger partial charge is 0.493 e. The summed E-state index contributed by atoms with van der Waals surface area (Å²) in [5.41, 5.74) is 1.09. The fourth-order valence-electron chi connectivity index (χ4n) is 2.53. The van der Waals surface area contributed by atoms with Crippen molar-refractivity contribution in [2.75, 3.05) is 32.3 Å². The summed E-state index contributed by atoms with van der Waals surface area (Å²) in [5.74, 6) is 1.47. The average molecular weight is 251 g/mol. The molecule has 1 aromatic carbocycles. The molecule has 0 spiro atoms. The minimum atomic E-state index is 0.203. The third-order valence-electron chi connectivity index (χ3n) is 3.54. The first kappa shape index (κ1) is 13.0.